The van der Waals surface area contributed by atoms with Gasteiger partial charge in [-0.05, 0) is 31.2 Å². The first-order valence-corrected chi connectivity index (χ1v) is 6.91. The third-order valence-electron chi connectivity index (χ3n) is 3.41. The molecular formula is C14H20ClN3O. The van der Waals surface area contributed by atoms with Crippen LogP contribution in [0.5, 0.6) is 0 Å². The van der Waals surface area contributed by atoms with Crippen molar-refractivity contribution in [3.05, 3.63) is 28.8 Å². The van der Waals surface area contributed by atoms with Crippen molar-refractivity contribution in [3.63, 3.8) is 0 Å². The fourth-order valence-corrected chi connectivity index (χ4v) is 2.64. The van der Waals surface area contributed by atoms with Crippen molar-refractivity contribution < 1.29 is 4.79 Å². The zero-order valence-corrected chi connectivity index (χ0v) is 12.2. The lowest BCUT2D eigenvalue weighted by molar-refractivity contribution is -0.127. The average Bonchev–Trinajstić information content (AvgIpc) is 2.53. The zero-order chi connectivity index (χ0) is 13.8. The number of halogens is 1. The van der Waals surface area contributed by atoms with Crippen molar-refractivity contribution in [2.24, 2.45) is 0 Å². The van der Waals surface area contributed by atoms with E-state index in [0.717, 1.165) is 37.3 Å². The number of nitrogens with one attached hydrogen (secondary N) is 1. The van der Waals surface area contributed by atoms with Gasteiger partial charge in [0.05, 0.1) is 17.3 Å². The first kappa shape index (κ1) is 14.2. The topological polar surface area (TPSA) is 35.6 Å². The highest BCUT2D eigenvalue weighted by atomic mass is 35.5. The van der Waals surface area contributed by atoms with E-state index in [4.69, 9.17) is 11.6 Å². The maximum atomic E-state index is 11.9. The van der Waals surface area contributed by atoms with Crippen LogP contribution in [0.25, 0.3) is 0 Å². The Morgan fingerprint density at radius 3 is 2.84 bits per heavy atom. The lowest BCUT2D eigenvalue weighted by Crippen LogP contribution is -2.34. The Labute approximate surface area is 119 Å². The zero-order valence-electron chi connectivity index (χ0n) is 11.4. The van der Waals surface area contributed by atoms with Crippen LogP contribution in [0.1, 0.15) is 12.0 Å². The van der Waals surface area contributed by atoms with Crippen LogP contribution in [0.4, 0.5) is 5.69 Å². The summed E-state index contributed by atoms with van der Waals surface area (Å²) in [6.45, 7) is 2.87. The standard InChI is InChI=1S/C14H20ClN3O/c1-16-9-11-4-5-13(12(15)8-11)18-7-3-6-17(2)14(19)10-18/h4-5,8,16H,3,6-7,9-10H2,1-2H3. The number of anilines is 1. The Bertz CT molecular complexity index is 464. The van der Waals surface area contributed by atoms with Crippen molar-refractivity contribution in [2.45, 2.75) is 13.0 Å². The van der Waals surface area contributed by atoms with Gasteiger partial charge in [-0.25, -0.2) is 0 Å². The van der Waals surface area contributed by atoms with Crippen LogP contribution in [0.3, 0.4) is 0 Å². The van der Waals surface area contributed by atoms with Crippen molar-refractivity contribution in [1.29, 1.82) is 0 Å². The van der Waals surface area contributed by atoms with Gasteiger partial charge >= 0.3 is 0 Å². The van der Waals surface area contributed by atoms with Gasteiger partial charge in [0.25, 0.3) is 0 Å². The van der Waals surface area contributed by atoms with E-state index in [1.54, 1.807) is 4.90 Å². The Hall–Kier alpha value is -1.26. The van der Waals surface area contributed by atoms with E-state index < -0.39 is 0 Å². The summed E-state index contributed by atoms with van der Waals surface area (Å²) in [4.78, 5) is 15.8. The minimum atomic E-state index is 0.146. The molecule has 1 aromatic rings. The molecule has 0 unspecified atom stereocenters. The highest BCUT2D eigenvalue weighted by Gasteiger charge is 2.20. The van der Waals surface area contributed by atoms with Crippen LogP contribution >= 0.6 is 11.6 Å². The first-order chi connectivity index (χ1) is 9.11. The number of benzene rings is 1. The maximum Gasteiger partial charge on any atom is 0.241 e. The SMILES string of the molecule is CNCc1ccc(N2CCCN(C)C(=O)C2)c(Cl)c1. The van der Waals surface area contributed by atoms with Gasteiger partial charge in [-0.15, -0.1) is 0 Å². The molecule has 5 heteroatoms. The summed E-state index contributed by atoms with van der Waals surface area (Å²) in [5.41, 5.74) is 2.10. The predicted molar refractivity (Wildman–Crippen MR) is 78.7 cm³/mol. The molecule has 1 aliphatic rings. The van der Waals surface area contributed by atoms with E-state index in [9.17, 15) is 4.79 Å². The first-order valence-electron chi connectivity index (χ1n) is 6.53. The van der Waals surface area contributed by atoms with E-state index >= 15 is 0 Å². The Kier molecular flexibility index (Phi) is 4.66. The van der Waals surface area contributed by atoms with Crippen LogP contribution < -0.4 is 10.2 Å². The predicted octanol–water partition coefficient (Wildman–Crippen LogP) is 1.73. The third kappa shape index (κ3) is 3.39. The van der Waals surface area contributed by atoms with Gasteiger partial charge in [-0.2, -0.15) is 0 Å². The van der Waals surface area contributed by atoms with E-state index in [1.807, 2.05) is 26.2 Å². The fourth-order valence-electron chi connectivity index (χ4n) is 2.31. The number of nitrogens with zero attached hydrogens (tertiary/aromatic N) is 2. The summed E-state index contributed by atoms with van der Waals surface area (Å²) in [7, 11) is 3.76. The smallest absolute Gasteiger partial charge is 0.241 e. The number of likely N-dealkylation sites (N-methyl/N-ethyl adjacent to an activating group) is 1. The van der Waals surface area contributed by atoms with Gasteiger partial charge in [-0.3, -0.25) is 4.79 Å². The number of carbonyl (C=O) groups excluding carboxylic acids is 1. The molecule has 0 spiro atoms. The molecule has 104 valence electrons. The second-order valence-corrected chi connectivity index (χ2v) is 5.31. The lowest BCUT2D eigenvalue weighted by atomic mass is 10.2. The molecule has 19 heavy (non-hydrogen) atoms. The molecule has 0 aliphatic carbocycles. The number of hydrogen-bond donors (Lipinski definition) is 1. The molecule has 1 aromatic carbocycles. The summed E-state index contributed by atoms with van der Waals surface area (Å²) in [5.74, 6) is 0.146. The number of hydrogen-bond acceptors (Lipinski definition) is 3. The molecule has 1 N–H and O–H groups in total. The Balaban J connectivity index is 2.19. The molecular weight excluding hydrogens is 262 g/mol. The van der Waals surface area contributed by atoms with Gasteiger partial charge in [-0.1, -0.05) is 17.7 Å². The van der Waals surface area contributed by atoms with Gasteiger partial charge in [0.15, 0.2) is 0 Å². The van der Waals surface area contributed by atoms with Crippen LogP contribution in [-0.2, 0) is 11.3 Å². The molecule has 1 heterocycles. The number of rotatable bonds is 3. The summed E-state index contributed by atoms with van der Waals surface area (Å²) in [6.07, 6.45) is 0.969. The molecule has 0 bridgehead atoms. The van der Waals surface area contributed by atoms with Gasteiger partial charge in [0.2, 0.25) is 5.91 Å². The molecule has 4 nitrogen and oxygen atoms in total. The van der Waals surface area contributed by atoms with Crippen molar-refractivity contribution >= 4 is 23.2 Å². The second kappa shape index (κ2) is 6.26. The van der Waals surface area contributed by atoms with Gasteiger partial charge in [0, 0.05) is 26.7 Å². The fraction of sp³-hybridized carbons (Fsp3) is 0.500. The number of amides is 1. The summed E-state index contributed by atoms with van der Waals surface area (Å²) < 4.78 is 0. The highest BCUT2D eigenvalue weighted by Crippen LogP contribution is 2.27. The van der Waals surface area contributed by atoms with Crippen molar-refractivity contribution in [3.8, 4) is 0 Å². The summed E-state index contributed by atoms with van der Waals surface area (Å²) in [6, 6.07) is 6.02. The Morgan fingerprint density at radius 1 is 1.37 bits per heavy atom. The molecule has 1 saturated heterocycles. The van der Waals surface area contributed by atoms with E-state index in [1.165, 1.54) is 0 Å². The minimum absolute atomic E-state index is 0.146. The normalized spacial score (nSPS) is 16.7. The molecule has 0 aromatic heterocycles. The molecule has 1 fully saturated rings. The maximum absolute atomic E-state index is 11.9. The van der Waals surface area contributed by atoms with Crippen LogP contribution in [0.2, 0.25) is 5.02 Å². The number of carbonyl (C=O) groups is 1. The van der Waals surface area contributed by atoms with E-state index in [-0.39, 0.29) is 5.91 Å². The molecule has 0 atom stereocenters. The average molecular weight is 282 g/mol. The molecule has 0 saturated carbocycles. The summed E-state index contributed by atoms with van der Waals surface area (Å²) >= 11 is 6.34. The van der Waals surface area contributed by atoms with Crippen LogP contribution in [0, 0.1) is 0 Å². The van der Waals surface area contributed by atoms with Crippen molar-refractivity contribution in [2.75, 3.05) is 38.6 Å². The van der Waals surface area contributed by atoms with Crippen LogP contribution in [-0.4, -0.2) is 44.5 Å². The van der Waals surface area contributed by atoms with Crippen LogP contribution in [0.15, 0.2) is 18.2 Å². The highest BCUT2D eigenvalue weighted by molar-refractivity contribution is 6.33. The third-order valence-corrected chi connectivity index (χ3v) is 3.71. The van der Waals surface area contributed by atoms with Gasteiger partial charge < -0.3 is 15.1 Å². The molecule has 2 rings (SSSR count). The molecule has 0 radical (unpaired) electrons. The largest absolute Gasteiger partial charge is 0.361 e. The van der Waals surface area contributed by atoms with E-state index in [0.29, 0.717) is 11.6 Å². The minimum Gasteiger partial charge on any atom is -0.361 e. The lowest BCUT2D eigenvalue weighted by Gasteiger charge is -2.23. The van der Waals surface area contributed by atoms with Crippen molar-refractivity contribution in [1.82, 2.24) is 10.2 Å². The molecule has 1 aliphatic heterocycles. The quantitative estimate of drug-likeness (QED) is 0.917. The monoisotopic (exact) mass is 281 g/mol. The second-order valence-electron chi connectivity index (χ2n) is 4.91. The van der Waals surface area contributed by atoms with Gasteiger partial charge in [0.1, 0.15) is 0 Å². The van der Waals surface area contributed by atoms with E-state index in [2.05, 4.69) is 16.3 Å². The molecule has 1 amide bonds. The summed E-state index contributed by atoms with van der Waals surface area (Å²) in [5, 5.41) is 3.81. The Morgan fingerprint density at radius 2 is 2.16 bits per heavy atom.